The van der Waals surface area contributed by atoms with Crippen LogP contribution in [0.25, 0.3) is 0 Å². The molecule has 0 amide bonds. The first kappa shape index (κ1) is 13.6. The largest absolute Gasteiger partial charge is 0.508 e. The van der Waals surface area contributed by atoms with Crippen LogP contribution in [0.2, 0.25) is 5.02 Å². The number of nitrogens with zero attached hydrogens (tertiary/aromatic N) is 1. The van der Waals surface area contributed by atoms with E-state index < -0.39 is 10.0 Å². The van der Waals surface area contributed by atoms with Gasteiger partial charge in [0.05, 0.1) is 10.7 Å². The Kier molecular flexibility index (Phi) is 3.64. The van der Waals surface area contributed by atoms with Crippen molar-refractivity contribution in [2.45, 2.75) is 11.8 Å². The minimum Gasteiger partial charge on any atom is -0.508 e. The molecule has 0 aliphatic rings. The fourth-order valence-corrected chi connectivity index (χ4v) is 2.93. The maximum atomic E-state index is 12.1. The quantitative estimate of drug-likeness (QED) is 0.912. The minimum absolute atomic E-state index is 0.0116. The van der Waals surface area contributed by atoms with Crippen molar-refractivity contribution in [1.82, 2.24) is 4.98 Å². The highest BCUT2D eigenvalue weighted by Crippen LogP contribution is 2.25. The number of sulfonamides is 1. The minimum atomic E-state index is -3.83. The lowest BCUT2D eigenvalue weighted by atomic mass is 10.2. The van der Waals surface area contributed by atoms with Gasteiger partial charge in [-0.3, -0.25) is 9.71 Å². The zero-order valence-electron chi connectivity index (χ0n) is 9.96. The number of hydrogen-bond acceptors (Lipinski definition) is 4. The molecule has 1 aromatic heterocycles. The predicted octanol–water partition coefficient (Wildman–Crippen LogP) is 2.55. The van der Waals surface area contributed by atoms with Gasteiger partial charge in [-0.05, 0) is 24.6 Å². The maximum Gasteiger partial charge on any atom is 0.264 e. The average molecular weight is 299 g/mol. The Morgan fingerprint density at radius 3 is 2.68 bits per heavy atom. The molecule has 2 N–H and O–H groups in total. The molecule has 1 heterocycles. The van der Waals surface area contributed by atoms with Crippen LogP contribution >= 0.6 is 11.6 Å². The highest BCUT2D eigenvalue weighted by Gasteiger charge is 2.18. The molecule has 19 heavy (non-hydrogen) atoms. The van der Waals surface area contributed by atoms with Crippen LogP contribution in [0.5, 0.6) is 5.75 Å². The van der Waals surface area contributed by atoms with E-state index in [1.165, 1.54) is 24.5 Å². The van der Waals surface area contributed by atoms with Crippen LogP contribution in [0.15, 0.2) is 41.6 Å². The summed E-state index contributed by atoms with van der Waals surface area (Å²) >= 11 is 5.82. The molecule has 0 aliphatic heterocycles. The maximum absolute atomic E-state index is 12.1. The van der Waals surface area contributed by atoms with Crippen molar-refractivity contribution in [2.75, 3.05) is 4.72 Å². The zero-order valence-corrected chi connectivity index (χ0v) is 11.5. The lowest BCUT2D eigenvalue weighted by Crippen LogP contribution is -2.13. The van der Waals surface area contributed by atoms with Crippen LogP contribution in [0, 0.1) is 6.92 Å². The van der Waals surface area contributed by atoms with Crippen molar-refractivity contribution in [1.29, 1.82) is 0 Å². The third-order valence-electron chi connectivity index (χ3n) is 2.48. The number of phenolic OH excluding ortho intramolecular Hbond substituents is 1. The Morgan fingerprint density at radius 2 is 2.05 bits per heavy atom. The number of rotatable bonds is 3. The van der Waals surface area contributed by atoms with Gasteiger partial charge in [0.25, 0.3) is 10.0 Å². The molecule has 0 saturated heterocycles. The number of pyridine rings is 1. The molecule has 2 rings (SSSR count). The van der Waals surface area contributed by atoms with Crippen LogP contribution in [-0.4, -0.2) is 18.5 Å². The summed E-state index contributed by atoms with van der Waals surface area (Å²) in [5, 5.41) is 9.63. The number of aryl methyl sites for hydroxylation is 1. The van der Waals surface area contributed by atoms with Gasteiger partial charge in [0.2, 0.25) is 0 Å². The fraction of sp³-hybridized carbons (Fsp3) is 0.0833. The van der Waals surface area contributed by atoms with E-state index in [9.17, 15) is 13.5 Å². The predicted molar refractivity (Wildman–Crippen MR) is 72.9 cm³/mol. The lowest BCUT2D eigenvalue weighted by molar-refractivity contribution is 0.471. The Labute approximate surface area is 115 Å². The van der Waals surface area contributed by atoms with Gasteiger partial charge in [0.1, 0.15) is 10.6 Å². The SMILES string of the molecule is Cc1ccc(NS(=O)(=O)c2cnccc2Cl)cc1O. The van der Waals surface area contributed by atoms with Crippen LogP contribution < -0.4 is 4.72 Å². The van der Waals surface area contributed by atoms with E-state index in [4.69, 9.17) is 11.6 Å². The number of aromatic hydroxyl groups is 1. The molecule has 0 radical (unpaired) electrons. The lowest BCUT2D eigenvalue weighted by Gasteiger charge is -2.09. The smallest absolute Gasteiger partial charge is 0.264 e. The molecule has 0 unspecified atom stereocenters. The standard InChI is InChI=1S/C12H11ClN2O3S/c1-8-2-3-9(6-11(8)16)15-19(17,18)12-7-14-5-4-10(12)13/h2-7,15-16H,1H3. The fourth-order valence-electron chi connectivity index (χ4n) is 1.44. The molecule has 0 atom stereocenters. The van der Waals surface area contributed by atoms with Crippen LogP contribution in [-0.2, 0) is 10.0 Å². The molecule has 0 fully saturated rings. The summed E-state index contributed by atoms with van der Waals surface area (Å²) < 4.78 is 26.5. The van der Waals surface area contributed by atoms with E-state index in [1.807, 2.05) is 0 Å². The Hall–Kier alpha value is -1.79. The average Bonchev–Trinajstić information content (AvgIpc) is 2.34. The second kappa shape index (κ2) is 5.07. The number of aromatic nitrogens is 1. The number of benzene rings is 1. The summed E-state index contributed by atoms with van der Waals surface area (Å²) in [4.78, 5) is 3.62. The van der Waals surface area contributed by atoms with E-state index in [2.05, 4.69) is 9.71 Å². The van der Waals surface area contributed by atoms with Gasteiger partial charge in [0, 0.05) is 18.5 Å². The summed E-state index contributed by atoms with van der Waals surface area (Å²) in [7, 11) is -3.83. The van der Waals surface area contributed by atoms with Gasteiger partial charge in [-0.25, -0.2) is 8.42 Å². The third-order valence-corrected chi connectivity index (χ3v) is 4.34. The van der Waals surface area contributed by atoms with Gasteiger partial charge in [0.15, 0.2) is 0 Å². The van der Waals surface area contributed by atoms with Crippen molar-refractivity contribution >= 4 is 27.3 Å². The second-order valence-electron chi connectivity index (χ2n) is 3.91. The normalized spacial score (nSPS) is 11.3. The molecular weight excluding hydrogens is 288 g/mol. The molecule has 5 nitrogen and oxygen atoms in total. The second-order valence-corrected chi connectivity index (χ2v) is 5.97. The Balaban J connectivity index is 2.37. The number of anilines is 1. The molecule has 1 aromatic carbocycles. The summed E-state index contributed by atoms with van der Waals surface area (Å²) in [5.41, 5.74) is 0.908. The van der Waals surface area contributed by atoms with Crippen LogP contribution in [0.1, 0.15) is 5.56 Å². The molecule has 0 aliphatic carbocycles. The van der Waals surface area contributed by atoms with E-state index in [0.29, 0.717) is 5.56 Å². The van der Waals surface area contributed by atoms with Crippen molar-refractivity contribution in [3.8, 4) is 5.75 Å². The van der Waals surface area contributed by atoms with Gasteiger partial charge >= 0.3 is 0 Å². The topological polar surface area (TPSA) is 79.3 Å². The number of hydrogen-bond donors (Lipinski definition) is 2. The monoisotopic (exact) mass is 298 g/mol. The third kappa shape index (κ3) is 2.97. The Morgan fingerprint density at radius 1 is 1.32 bits per heavy atom. The van der Waals surface area contributed by atoms with E-state index in [1.54, 1.807) is 19.1 Å². The van der Waals surface area contributed by atoms with Crippen molar-refractivity contribution < 1.29 is 13.5 Å². The molecule has 0 saturated carbocycles. The first-order valence-electron chi connectivity index (χ1n) is 5.32. The van der Waals surface area contributed by atoms with Crippen LogP contribution in [0.4, 0.5) is 5.69 Å². The highest BCUT2D eigenvalue weighted by molar-refractivity contribution is 7.92. The first-order valence-corrected chi connectivity index (χ1v) is 7.18. The molecule has 100 valence electrons. The summed E-state index contributed by atoms with van der Waals surface area (Å²) in [5.74, 6) is 0.0116. The summed E-state index contributed by atoms with van der Waals surface area (Å²) in [6.45, 7) is 1.71. The first-order chi connectivity index (χ1) is 8.90. The molecular formula is C12H11ClN2O3S. The number of nitrogens with one attached hydrogen (secondary N) is 1. The van der Waals surface area contributed by atoms with E-state index in [0.717, 1.165) is 0 Å². The van der Waals surface area contributed by atoms with Crippen LogP contribution in [0.3, 0.4) is 0 Å². The highest BCUT2D eigenvalue weighted by atomic mass is 35.5. The molecule has 0 bridgehead atoms. The van der Waals surface area contributed by atoms with Gasteiger partial charge in [-0.15, -0.1) is 0 Å². The molecule has 2 aromatic rings. The number of halogens is 1. The van der Waals surface area contributed by atoms with E-state index in [-0.39, 0.29) is 21.4 Å². The van der Waals surface area contributed by atoms with Gasteiger partial charge in [-0.1, -0.05) is 17.7 Å². The summed E-state index contributed by atoms with van der Waals surface area (Å²) in [6.07, 6.45) is 2.57. The number of phenols is 1. The van der Waals surface area contributed by atoms with E-state index >= 15 is 0 Å². The Bertz CT molecular complexity index is 717. The summed E-state index contributed by atoms with van der Waals surface area (Å²) in [6, 6.07) is 5.88. The van der Waals surface area contributed by atoms with Crippen molar-refractivity contribution in [3.63, 3.8) is 0 Å². The molecule has 7 heteroatoms. The zero-order chi connectivity index (χ0) is 14.0. The molecule has 0 spiro atoms. The van der Waals surface area contributed by atoms with Crippen molar-refractivity contribution in [2.24, 2.45) is 0 Å². The van der Waals surface area contributed by atoms with Crippen molar-refractivity contribution in [3.05, 3.63) is 47.2 Å². The van der Waals surface area contributed by atoms with Gasteiger partial charge in [-0.2, -0.15) is 0 Å². The van der Waals surface area contributed by atoms with Gasteiger partial charge < -0.3 is 5.11 Å².